The van der Waals surface area contributed by atoms with Crippen LogP contribution in [-0.2, 0) is 6.18 Å². The van der Waals surface area contributed by atoms with Gasteiger partial charge in [-0.1, -0.05) is 18.2 Å². The molecular weight excluding hydrogens is 291 g/mol. The molecule has 1 aromatic rings. The first kappa shape index (κ1) is 15.2. The van der Waals surface area contributed by atoms with E-state index >= 15 is 0 Å². The number of aliphatic imine (C=N–C) groups is 1. The number of benzene rings is 1. The molecule has 0 spiro atoms. The van der Waals surface area contributed by atoms with Crippen molar-refractivity contribution in [1.82, 2.24) is 4.90 Å². The van der Waals surface area contributed by atoms with Crippen LogP contribution in [0.4, 0.5) is 13.2 Å². The van der Waals surface area contributed by atoms with Gasteiger partial charge in [0.1, 0.15) is 0 Å². The van der Waals surface area contributed by atoms with Gasteiger partial charge in [0, 0.05) is 13.1 Å². The summed E-state index contributed by atoms with van der Waals surface area (Å²) in [5.41, 5.74) is 6.13. The van der Waals surface area contributed by atoms with Gasteiger partial charge in [-0.2, -0.15) is 13.2 Å². The molecule has 0 bridgehead atoms. The van der Waals surface area contributed by atoms with E-state index in [4.69, 9.17) is 5.73 Å². The van der Waals surface area contributed by atoms with Gasteiger partial charge in [0.15, 0.2) is 5.96 Å². The van der Waals surface area contributed by atoms with Crippen LogP contribution < -0.4 is 5.73 Å². The number of rotatable bonds is 3. The maximum absolute atomic E-state index is 12.7. The molecule has 2 N–H and O–H groups in total. The van der Waals surface area contributed by atoms with Gasteiger partial charge in [0.25, 0.3) is 0 Å². The zero-order valence-electron chi connectivity index (χ0n) is 12.5. The fourth-order valence-electron chi connectivity index (χ4n) is 2.86. The summed E-state index contributed by atoms with van der Waals surface area (Å²) in [7, 11) is 1.94. The maximum atomic E-state index is 12.7. The molecule has 0 atom stereocenters. The zero-order chi connectivity index (χ0) is 15.9. The van der Waals surface area contributed by atoms with E-state index in [1.807, 2.05) is 11.9 Å². The summed E-state index contributed by atoms with van der Waals surface area (Å²) < 4.78 is 38.2. The largest absolute Gasteiger partial charge is 0.416 e. The third-order valence-corrected chi connectivity index (χ3v) is 4.57. The van der Waals surface area contributed by atoms with E-state index in [2.05, 4.69) is 4.99 Å². The molecule has 22 heavy (non-hydrogen) atoms. The first-order valence-electron chi connectivity index (χ1n) is 7.58. The van der Waals surface area contributed by atoms with Gasteiger partial charge in [-0.05, 0) is 43.2 Å². The number of guanidine groups is 1. The minimum Gasteiger partial charge on any atom is -0.370 e. The van der Waals surface area contributed by atoms with Crippen molar-refractivity contribution in [2.24, 2.45) is 10.7 Å². The van der Waals surface area contributed by atoms with Crippen LogP contribution in [0, 0.1) is 0 Å². The highest BCUT2D eigenvalue weighted by Crippen LogP contribution is 2.40. The van der Waals surface area contributed by atoms with Crippen LogP contribution in [0.3, 0.4) is 0 Å². The first-order valence-corrected chi connectivity index (χ1v) is 7.58. The number of hydrogen-bond acceptors (Lipinski definition) is 1. The lowest BCUT2D eigenvalue weighted by Gasteiger charge is -2.34. The van der Waals surface area contributed by atoms with Crippen molar-refractivity contribution in [2.75, 3.05) is 7.05 Å². The van der Waals surface area contributed by atoms with Gasteiger partial charge in [-0.15, -0.1) is 0 Å². The fraction of sp³-hybridized carbons (Fsp3) is 0.562. The molecule has 3 rings (SSSR count). The highest BCUT2D eigenvalue weighted by atomic mass is 19.4. The monoisotopic (exact) mass is 311 g/mol. The van der Waals surface area contributed by atoms with Crippen molar-refractivity contribution < 1.29 is 13.2 Å². The lowest BCUT2D eigenvalue weighted by Crippen LogP contribution is -2.38. The molecule has 2 saturated carbocycles. The van der Waals surface area contributed by atoms with Crippen molar-refractivity contribution in [2.45, 2.75) is 49.9 Å². The molecule has 0 aliphatic heterocycles. The second-order valence-corrected chi connectivity index (χ2v) is 6.27. The molecule has 2 aliphatic rings. The Kier molecular flexibility index (Phi) is 3.78. The van der Waals surface area contributed by atoms with Gasteiger partial charge in [0.05, 0.1) is 11.6 Å². The van der Waals surface area contributed by atoms with Gasteiger partial charge < -0.3 is 10.6 Å². The summed E-state index contributed by atoms with van der Waals surface area (Å²) in [6.45, 7) is 0. The second kappa shape index (κ2) is 5.48. The minimum atomic E-state index is -4.28. The molecule has 2 aliphatic carbocycles. The van der Waals surface area contributed by atoms with Crippen LogP contribution in [0.25, 0.3) is 0 Å². The Bertz CT molecular complexity index is 572. The lowest BCUT2D eigenvalue weighted by molar-refractivity contribution is -0.137. The summed E-state index contributed by atoms with van der Waals surface area (Å²) in [6, 6.07) is 6.25. The summed E-state index contributed by atoms with van der Waals surface area (Å²) in [5, 5.41) is 0. The molecule has 1 aromatic carbocycles. The summed E-state index contributed by atoms with van der Waals surface area (Å²) >= 11 is 0. The van der Waals surface area contributed by atoms with Crippen LogP contribution in [0.2, 0.25) is 0 Å². The number of alkyl halides is 3. The topological polar surface area (TPSA) is 41.6 Å². The highest BCUT2D eigenvalue weighted by Gasteiger charge is 2.35. The minimum absolute atomic E-state index is 0.126. The van der Waals surface area contributed by atoms with E-state index < -0.39 is 11.7 Å². The number of hydrogen-bond donors (Lipinski definition) is 1. The molecule has 0 saturated heterocycles. The van der Waals surface area contributed by atoms with Crippen LogP contribution >= 0.6 is 0 Å². The van der Waals surface area contributed by atoms with Crippen molar-refractivity contribution in [3.05, 3.63) is 35.4 Å². The zero-order valence-corrected chi connectivity index (χ0v) is 12.5. The number of nitrogens with zero attached hydrogens (tertiary/aromatic N) is 2. The second-order valence-electron chi connectivity index (χ2n) is 6.27. The average molecular weight is 311 g/mol. The SMILES string of the molecule is CN(C(N)=NC1CC(c2cccc(C(F)(F)F)c2)C1)C1CC1. The third kappa shape index (κ3) is 3.20. The first-order chi connectivity index (χ1) is 10.3. The smallest absolute Gasteiger partial charge is 0.370 e. The quantitative estimate of drug-likeness (QED) is 0.687. The van der Waals surface area contributed by atoms with Gasteiger partial charge in [-0.25, -0.2) is 4.99 Å². The van der Waals surface area contributed by atoms with Gasteiger partial charge in [-0.3, -0.25) is 0 Å². The molecule has 2 fully saturated rings. The summed E-state index contributed by atoms with van der Waals surface area (Å²) in [6.07, 6.45) is -0.440. The molecule has 0 radical (unpaired) electrons. The molecule has 3 nitrogen and oxygen atoms in total. The number of nitrogens with two attached hydrogens (primary N) is 1. The fourth-order valence-corrected chi connectivity index (χ4v) is 2.86. The normalized spacial score (nSPS) is 25.7. The lowest BCUT2D eigenvalue weighted by atomic mass is 9.76. The van der Waals surface area contributed by atoms with Crippen LogP contribution in [0.5, 0.6) is 0 Å². The standard InChI is InChI=1S/C16H20F3N3/c1-22(14-5-6-14)15(20)21-13-8-11(9-13)10-3-2-4-12(7-10)16(17,18)19/h2-4,7,11,13-14H,5-6,8-9H2,1H3,(H2,20,21). The van der Waals surface area contributed by atoms with Crippen molar-refractivity contribution >= 4 is 5.96 Å². The van der Waals surface area contributed by atoms with Gasteiger partial charge >= 0.3 is 6.18 Å². The third-order valence-electron chi connectivity index (χ3n) is 4.57. The Labute approximate surface area is 128 Å². The Balaban J connectivity index is 1.60. The average Bonchev–Trinajstić information content (AvgIpc) is 3.25. The van der Waals surface area contributed by atoms with E-state index in [-0.39, 0.29) is 12.0 Å². The number of halogens is 3. The van der Waals surface area contributed by atoms with E-state index in [1.165, 1.54) is 12.1 Å². The molecule has 0 heterocycles. The molecule has 0 unspecified atom stereocenters. The molecule has 0 aromatic heterocycles. The Morgan fingerprint density at radius 2 is 1.95 bits per heavy atom. The Morgan fingerprint density at radius 3 is 2.55 bits per heavy atom. The van der Waals surface area contributed by atoms with Crippen LogP contribution in [0.1, 0.15) is 42.7 Å². The molecule has 0 amide bonds. The Hall–Kier alpha value is -1.72. The maximum Gasteiger partial charge on any atom is 0.416 e. The summed E-state index contributed by atoms with van der Waals surface area (Å²) in [4.78, 5) is 6.49. The van der Waals surface area contributed by atoms with Crippen molar-refractivity contribution in [3.8, 4) is 0 Å². The van der Waals surface area contributed by atoms with Gasteiger partial charge in [0.2, 0.25) is 0 Å². The van der Waals surface area contributed by atoms with E-state index in [9.17, 15) is 13.2 Å². The Morgan fingerprint density at radius 1 is 1.27 bits per heavy atom. The summed E-state index contributed by atoms with van der Waals surface area (Å²) in [5.74, 6) is 0.699. The van der Waals surface area contributed by atoms with Crippen molar-refractivity contribution in [1.29, 1.82) is 0 Å². The highest BCUT2D eigenvalue weighted by molar-refractivity contribution is 5.78. The van der Waals surface area contributed by atoms with Crippen LogP contribution in [0.15, 0.2) is 29.3 Å². The predicted octanol–water partition coefficient (Wildman–Crippen LogP) is 3.36. The van der Waals surface area contributed by atoms with E-state index in [0.29, 0.717) is 12.0 Å². The predicted molar refractivity (Wildman–Crippen MR) is 79.6 cm³/mol. The molecule has 120 valence electrons. The van der Waals surface area contributed by atoms with Crippen LogP contribution in [-0.4, -0.2) is 30.0 Å². The molecule has 6 heteroatoms. The molecular formula is C16H20F3N3. The van der Waals surface area contributed by atoms with E-state index in [1.54, 1.807) is 6.07 Å². The van der Waals surface area contributed by atoms with E-state index in [0.717, 1.165) is 37.3 Å². The van der Waals surface area contributed by atoms with Crippen molar-refractivity contribution in [3.63, 3.8) is 0 Å².